The molecule has 0 aromatic heterocycles. The predicted molar refractivity (Wildman–Crippen MR) is 73.7 cm³/mol. The number of unbranched alkanes of at least 4 members (excludes halogenated alkanes) is 1. The Hall–Kier alpha value is -1.18. The van der Waals surface area contributed by atoms with Crippen LogP contribution in [0.25, 0.3) is 0 Å². The van der Waals surface area contributed by atoms with Crippen molar-refractivity contribution in [2.24, 2.45) is 5.73 Å². The van der Waals surface area contributed by atoms with E-state index in [1.807, 2.05) is 6.92 Å². The lowest BCUT2D eigenvalue weighted by molar-refractivity contribution is 0.236. The fourth-order valence-electron chi connectivity index (χ4n) is 2.15. The number of fused-ring (bicyclic) bond motifs is 1. The van der Waals surface area contributed by atoms with Crippen molar-refractivity contribution in [2.45, 2.75) is 37.2 Å². The average Bonchev–Trinajstić information content (AvgIpc) is 2.80. The van der Waals surface area contributed by atoms with E-state index in [1.165, 1.54) is 6.07 Å². The van der Waals surface area contributed by atoms with Crippen molar-refractivity contribution in [3.8, 4) is 5.75 Å². The topological polar surface area (TPSA) is 81.4 Å². The maximum Gasteiger partial charge on any atom is 0.244 e. The Morgan fingerprint density at radius 1 is 1.50 bits per heavy atom. The molecule has 2 rings (SSSR count). The molecule has 1 unspecified atom stereocenters. The Morgan fingerprint density at radius 2 is 2.25 bits per heavy atom. The van der Waals surface area contributed by atoms with Gasteiger partial charge in [-0.3, -0.25) is 0 Å². The molecule has 1 aliphatic heterocycles. The van der Waals surface area contributed by atoms with E-state index in [4.69, 9.17) is 10.5 Å². The molecule has 0 amide bonds. The quantitative estimate of drug-likeness (QED) is 0.773. The molecule has 1 heterocycles. The van der Waals surface area contributed by atoms with Gasteiger partial charge < -0.3 is 10.5 Å². The van der Waals surface area contributed by atoms with E-state index in [1.54, 1.807) is 0 Å². The molecule has 1 atom stereocenters. The van der Waals surface area contributed by atoms with Gasteiger partial charge in [-0.2, -0.15) is 0 Å². The summed E-state index contributed by atoms with van der Waals surface area (Å²) in [5.41, 5.74) is 6.08. The molecule has 0 fully saturated rings. The number of nitrogens with one attached hydrogen (secondary N) is 1. The fourth-order valence-corrected chi connectivity index (χ4v) is 3.41. The molecule has 0 aliphatic carbocycles. The van der Waals surface area contributed by atoms with Crippen molar-refractivity contribution in [3.05, 3.63) is 23.5 Å². The third-order valence-electron chi connectivity index (χ3n) is 3.20. The number of hydrogen-bond donors (Lipinski definition) is 2. The van der Waals surface area contributed by atoms with Gasteiger partial charge in [0, 0.05) is 25.1 Å². The molecule has 0 saturated heterocycles. The second-order valence-electron chi connectivity index (χ2n) is 4.82. The zero-order valence-electron chi connectivity index (χ0n) is 11.4. The highest BCUT2D eigenvalue weighted by molar-refractivity contribution is 7.89. The minimum Gasteiger partial charge on any atom is -0.487 e. The third kappa shape index (κ3) is 3.11. The van der Waals surface area contributed by atoms with Gasteiger partial charge in [-0.1, -0.05) is 13.3 Å². The lowest BCUT2D eigenvalue weighted by Gasteiger charge is -2.12. The van der Waals surface area contributed by atoms with E-state index in [0.29, 0.717) is 18.5 Å². The van der Waals surface area contributed by atoms with E-state index >= 15 is 0 Å². The molecular formula is C13H19FN2O3S. The van der Waals surface area contributed by atoms with E-state index in [9.17, 15) is 12.8 Å². The van der Waals surface area contributed by atoms with Gasteiger partial charge in [-0.15, -0.1) is 0 Å². The Kier molecular flexibility index (Phi) is 4.62. The van der Waals surface area contributed by atoms with Gasteiger partial charge in [-0.25, -0.2) is 17.5 Å². The predicted octanol–water partition coefficient (Wildman–Crippen LogP) is 1.17. The molecule has 1 aliphatic rings. The minimum absolute atomic E-state index is 0.139. The first kappa shape index (κ1) is 15.2. The van der Waals surface area contributed by atoms with Gasteiger partial charge in [-0.05, 0) is 18.6 Å². The minimum atomic E-state index is -3.77. The summed E-state index contributed by atoms with van der Waals surface area (Å²) < 4.78 is 46.0. The number of ether oxygens (including phenoxy) is 1. The number of benzene rings is 1. The first-order valence-electron chi connectivity index (χ1n) is 6.66. The van der Waals surface area contributed by atoms with Crippen LogP contribution in [-0.4, -0.2) is 27.6 Å². The maximum atomic E-state index is 13.6. The Labute approximate surface area is 118 Å². The van der Waals surface area contributed by atoms with E-state index < -0.39 is 15.8 Å². The first-order chi connectivity index (χ1) is 9.47. The largest absolute Gasteiger partial charge is 0.487 e. The molecule has 1 aromatic carbocycles. The Bertz CT molecular complexity index is 590. The van der Waals surface area contributed by atoms with Crippen molar-refractivity contribution in [2.75, 3.05) is 13.1 Å². The molecule has 3 N–H and O–H groups in total. The smallest absolute Gasteiger partial charge is 0.244 e. The van der Waals surface area contributed by atoms with Crippen LogP contribution >= 0.6 is 0 Å². The van der Waals surface area contributed by atoms with Crippen LogP contribution in [0.15, 0.2) is 17.0 Å². The summed E-state index contributed by atoms with van der Waals surface area (Å²) in [6.07, 6.45) is 1.73. The van der Waals surface area contributed by atoms with Gasteiger partial charge in [0.1, 0.15) is 22.6 Å². The first-order valence-corrected chi connectivity index (χ1v) is 8.15. The number of halogens is 1. The summed E-state index contributed by atoms with van der Waals surface area (Å²) in [6.45, 7) is 2.55. The van der Waals surface area contributed by atoms with Gasteiger partial charge in [0.2, 0.25) is 10.0 Å². The zero-order chi connectivity index (χ0) is 14.8. The molecule has 0 bridgehead atoms. The van der Waals surface area contributed by atoms with Gasteiger partial charge >= 0.3 is 0 Å². The highest BCUT2D eigenvalue weighted by atomic mass is 32.2. The van der Waals surface area contributed by atoms with Crippen molar-refractivity contribution < 1.29 is 17.5 Å². The molecule has 7 heteroatoms. The lowest BCUT2D eigenvalue weighted by atomic mass is 10.1. The average molecular weight is 302 g/mol. The number of rotatable bonds is 6. The number of sulfonamides is 1. The van der Waals surface area contributed by atoms with Crippen LogP contribution in [0.1, 0.15) is 25.3 Å². The van der Waals surface area contributed by atoms with Crippen molar-refractivity contribution in [1.29, 1.82) is 0 Å². The molecule has 5 nitrogen and oxygen atoms in total. The monoisotopic (exact) mass is 302 g/mol. The van der Waals surface area contributed by atoms with Gasteiger partial charge in [0.25, 0.3) is 0 Å². The van der Waals surface area contributed by atoms with E-state index in [2.05, 4.69) is 4.72 Å². The highest BCUT2D eigenvalue weighted by Gasteiger charge is 2.30. The number of nitrogens with two attached hydrogens (primary N) is 1. The van der Waals surface area contributed by atoms with Crippen LogP contribution in [0.2, 0.25) is 0 Å². The Balaban J connectivity index is 2.33. The zero-order valence-corrected chi connectivity index (χ0v) is 12.2. The van der Waals surface area contributed by atoms with Gasteiger partial charge in [0.15, 0.2) is 0 Å². The summed E-state index contributed by atoms with van der Waals surface area (Å²) in [7, 11) is -3.77. The Morgan fingerprint density at radius 3 is 2.90 bits per heavy atom. The third-order valence-corrected chi connectivity index (χ3v) is 4.67. The summed E-state index contributed by atoms with van der Waals surface area (Å²) in [5.74, 6) is -0.355. The standard InChI is InChI=1S/C13H19FN2O3S/c1-2-3-4-16-20(17,18)12-7-10(14)5-9-6-11(8-15)19-13(9)12/h5,7,11,16H,2-4,6,8,15H2,1H3. The molecule has 112 valence electrons. The normalized spacial score (nSPS) is 17.9. The number of hydrogen-bond acceptors (Lipinski definition) is 4. The highest BCUT2D eigenvalue weighted by Crippen LogP contribution is 2.36. The molecule has 0 spiro atoms. The SMILES string of the molecule is CCCCNS(=O)(=O)c1cc(F)cc2c1OC(CN)C2. The van der Waals surface area contributed by atoms with Crippen LogP contribution in [0, 0.1) is 5.82 Å². The van der Waals surface area contributed by atoms with Crippen LogP contribution in [0.4, 0.5) is 4.39 Å². The van der Waals surface area contributed by atoms with E-state index in [-0.39, 0.29) is 23.3 Å². The van der Waals surface area contributed by atoms with Crippen molar-refractivity contribution >= 4 is 10.0 Å². The van der Waals surface area contributed by atoms with E-state index in [0.717, 1.165) is 18.9 Å². The molecule has 1 aromatic rings. The second-order valence-corrected chi connectivity index (χ2v) is 6.56. The lowest BCUT2D eigenvalue weighted by Crippen LogP contribution is -2.26. The summed E-state index contributed by atoms with van der Waals surface area (Å²) in [4.78, 5) is -0.139. The molecule has 0 radical (unpaired) electrons. The molecular weight excluding hydrogens is 283 g/mol. The summed E-state index contributed by atoms with van der Waals surface area (Å²) in [5, 5.41) is 0. The van der Waals surface area contributed by atoms with Crippen molar-refractivity contribution in [3.63, 3.8) is 0 Å². The van der Waals surface area contributed by atoms with Crippen molar-refractivity contribution in [1.82, 2.24) is 4.72 Å². The van der Waals surface area contributed by atoms with Crippen LogP contribution < -0.4 is 15.2 Å². The maximum absolute atomic E-state index is 13.6. The fraction of sp³-hybridized carbons (Fsp3) is 0.538. The van der Waals surface area contributed by atoms with Crippen LogP contribution in [0.3, 0.4) is 0 Å². The van der Waals surface area contributed by atoms with Crippen LogP contribution in [0.5, 0.6) is 5.75 Å². The summed E-state index contributed by atoms with van der Waals surface area (Å²) >= 11 is 0. The second kappa shape index (κ2) is 6.07. The molecule has 0 saturated carbocycles. The van der Waals surface area contributed by atoms with Crippen LogP contribution in [-0.2, 0) is 16.4 Å². The molecule has 20 heavy (non-hydrogen) atoms. The van der Waals surface area contributed by atoms with Gasteiger partial charge in [0.05, 0.1) is 0 Å². The summed E-state index contributed by atoms with van der Waals surface area (Å²) in [6, 6.07) is 2.29.